The highest BCUT2D eigenvalue weighted by Crippen LogP contribution is 2.57. The molecule has 2 fully saturated rings. The number of hydrogen-bond acceptors (Lipinski definition) is 3. The molecule has 0 aromatic rings. The van der Waals surface area contributed by atoms with Gasteiger partial charge < -0.3 is 0 Å². The fourth-order valence-electron chi connectivity index (χ4n) is 6.84. The zero-order chi connectivity index (χ0) is 27.9. The van der Waals surface area contributed by atoms with E-state index in [4.69, 9.17) is 0 Å². The SMILES string of the molecule is CC(C)N(P=C(N(C(C)C)C(C)C)P(N(C(C)C)C(C)C)N(C1CCCCC1)C1CCCCC1)C(C)C. The molecule has 2 saturated carbocycles. The second kappa shape index (κ2) is 16.0. The Bertz CT molecular complexity index is 622. The molecule has 6 heteroatoms. The predicted octanol–water partition coefficient (Wildman–Crippen LogP) is 9.57. The second-order valence-corrected chi connectivity index (χ2v) is 16.7. The van der Waals surface area contributed by atoms with Crippen molar-refractivity contribution < 1.29 is 0 Å². The monoisotopic (exact) mass is 554 g/mol. The van der Waals surface area contributed by atoms with Gasteiger partial charge in [0.2, 0.25) is 0 Å². The van der Waals surface area contributed by atoms with Crippen LogP contribution in [0.2, 0.25) is 0 Å². The average molecular weight is 555 g/mol. The lowest BCUT2D eigenvalue weighted by Crippen LogP contribution is -2.53. The van der Waals surface area contributed by atoms with Crippen molar-refractivity contribution in [3.05, 3.63) is 0 Å². The van der Waals surface area contributed by atoms with E-state index in [1.54, 1.807) is 5.16 Å². The maximum atomic E-state index is 3.19. The van der Waals surface area contributed by atoms with Crippen molar-refractivity contribution >= 4 is 21.7 Å². The molecular formula is C31H64N4P2. The molecule has 0 bridgehead atoms. The molecule has 218 valence electrons. The summed E-state index contributed by atoms with van der Waals surface area (Å²) in [4.78, 5) is 2.83. The summed E-state index contributed by atoms with van der Waals surface area (Å²) in [5, 5.41) is 1.70. The molecular weight excluding hydrogens is 490 g/mol. The summed E-state index contributed by atoms with van der Waals surface area (Å²) in [6.45, 7) is 29.1. The summed E-state index contributed by atoms with van der Waals surface area (Å²) in [6, 6.07) is 4.57. The Morgan fingerprint density at radius 3 is 1.22 bits per heavy atom. The van der Waals surface area contributed by atoms with Gasteiger partial charge in [0.25, 0.3) is 0 Å². The topological polar surface area (TPSA) is 13.0 Å². The van der Waals surface area contributed by atoms with E-state index >= 15 is 0 Å². The summed E-state index contributed by atoms with van der Waals surface area (Å²) >= 11 is 0. The molecule has 0 N–H and O–H groups in total. The molecule has 2 aliphatic carbocycles. The quantitative estimate of drug-likeness (QED) is 0.210. The van der Waals surface area contributed by atoms with Crippen molar-refractivity contribution in [1.82, 2.24) is 18.9 Å². The Labute approximate surface area is 236 Å². The molecule has 1 unspecified atom stereocenters. The minimum Gasteiger partial charge on any atom is -0.263 e. The predicted molar refractivity (Wildman–Crippen MR) is 171 cm³/mol. The van der Waals surface area contributed by atoms with Gasteiger partial charge in [0.1, 0.15) is 0 Å². The Kier molecular flexibility index (Phi) is 14.6. The Morgan fingerprint density at radius 1 is 0.541 bits per heavy atom. The summed E-state index contributed by atoms with van der Waals surface area (Å²) in [6.07, 6.45) is 14.1. The molecule has 0 spiro atoms. The van der Waals surface area contributed by atoms with Gasteiger partial charge in [-0.15, -0.1) is 0 Å². The summed E-state index contributed by atoms with van der Waals surface area (Å²) in [5.41, 5.74) is 0. The highest BCUT2D eigenvalue weighted by atomic mass is 31.2. The van der Waals surface area contributed by atoms with E-state index < -0.39 is 8.22 Å². The van der Waals surface area contributed by atoms with Crippen LogP contribution in [0, 0.1) is 0 Å². The first kappa shape index (κ1) is 33.6. The average Bonchev–Trinajstić information content (AvgIpc) is 2.81. The third kappa shape index (κ3) is 9.23. The van der Waals surface area contributed by atoms with Crippen molar-refractivity contribution in [2.45, 2.75) is 196 Å². The summed E-state index contributed by atoms with van der Waals surface area (Å²) < 4.78 is 8.88. The highest BCUT2D eigenvalue weighted by Gasteiger charge is 2.44. The van der Waals surface area contributed by atoms with Gasteiger partial charge in [0, 0.05) is 56.7 Å². The van der Waals surface area contributed by atoms with Gasteiger partial charge in [-0.3, -0.25) is 18.9 Å². The molecule has 37 heavy (non-hydrogen) atoms. The Morgan fingerprint density at radius 2 is 0.919 bits per heavy atom. The molecule has 0 saturated heterocycles. The van der Waals surface area contributed by atoms with Crippen LogP contribution in [0.15, 0.2) is 0 Å². The van der Waals surface area contributed by atoms with E-state index in [1.807, 2.05) is 0 Å². The standard InChI is InChI=1S/C31H64N4P2/c1-23(2)32(24(3)4)31(36-33(25(5)6)26(7)8)37(34(27(9)10)28(11)12)35(29-19-15-13-16-20-29)30-21-17-14-18-22-30/h23-30H,13-22H2,1-12H3. The molecule has 4 nitrogen and oxygen atoms in total. The Hall–Kier alpha value is 0.440. The first-order valence-corrected chi connectivity index (χ1v) is 18.0. The van der Waals surface area contributed by atoms with Crippen LogP contribution in [-0.4, -0.2) is 72.4 Å². The molecule has 2 aliphatic rings. The first-order valence-electron chi connectivity index (χ1n) is 15.9. The largest absolute Gasteiger partial charge is 0.263 e. The van der Waals surface area contributed by atoms with Crippen LogP contribution >= 0.6 is 16.6 Å². The fraction of sp³-hybridized carbons (Fsp3) is 0.968. The molecule has 0 radical (unpaired) electrons. The third-order valence-electron chi connectivity index (χ3n) is 8.18. The van der Waals surface area contributed by atoms with E-state index in [9.17, 15) is 0 Å². The maximum absolute atomic E-state index is 3.19. The van der Waals surface area contributed by atoms with Crippen LogP contribution in [0.25, 0.3) is 0 Å². The van der Waals surface area contributed by atoms with E-state index in [-0.39, 0.29) is 0 Å². The molecule has 0 amide bonds. The van der Waals surface area contributed by atoms with E-state index in [2.05, 4.69) is 102 Å². The molecule has 2 rings (SSSR count). The summed E-state index contributed by atoms with van der Waals surface area (Å²) in [7, 11) is 0.824. The third-order valence-corrected chi connectivity index (χ3v) is 13.6. The van der Waals surface area contributed by atoms with Gasteiger partial charge in [0.05, 0.1) is 13.4 Å². The van der Waals surface area contributed by atoms with E-state index in [1.165, 1.54) is 72.6 Å². The van der Waals surface area contributed by atoms with Crippen molar-refractivity contribution in [1.29, 1.82) is 0 Å². The zero-order valence-electron chi connectivity index (χ0n) is 26.9. The smallest absolute Gasteiger partial charge is 0.0910 e. The lowest BCUT2D eigenvalue weighted by atomic mass is 9.91. The summed E-state index contributed by atoms with van der Waals surface area (Å²) in [5.74, 6) is 0. The number of rotatable bonds is 13. The molecule has 0 aromatic carbocycles. The van der Waals surface area contributed by atoms with Gasteiger partial charge in [-0.2, -0.15) is 0 Å². The van der Waals surface area contributed by atoms with Crippen LogP contribution in [0.4, 0.5) is 0 Å². The lowest BCUT2D eigenvalue weighted by Gasteiger charge is -2.54. The minimum atomic E-state index is -0.607. The minimum absolute atomic E-state index is 0.495. The van der Waals surface area contributed by atoms with Gasteiger partial charge >= 0.3 is 0 Å². The molecule has 0 heterocycles. The first-order chi connectivity index (χ1) is 17.4. The molecule has 0 aliphatic heterocycles. The maximum Gasteiger partial charge on any atom is 0.0910 e. The van der Waals surface area contributed by atoms with Crippen molar-refractivity contribution in [3.63, 3.8) is 0 Å². The molecule has 1 atom stereocenters. The van der Waals surface area contributed by atoms with E-state index in [0.29, 0.717) is 36.3 Å². The highest BCUT2D eigenvalue weighted by molar-refractivity contribution is 7.81. The normalized spacial score (nSPS) is 20.5. The van der Waals surface area contributed by atoms with Crippen LogP contribution < -0.4 is 0 Å². The van der Waals surface area contributed by atoms with Gasteiger partial charge in [0.15, 0.2) is 0 Å². The van der Waals surface area contributed by atoms with Gasteiger partial charge in [-0.25, -0.2) is 0 Å². The fourth-order valence-corrected chi connectivity index (χ4v) is 12.6. The van der Waals surface area contributed by atoms with Crippen LogP contribution in [0.1, 0.15) is 147 Å². The van der Waals surface area contributed by atoms with Crippen LogP contribution in [-0.2, 0) is 0 Å². The van der Waals surface area contributed by atoms with Crippen molar-refractivity contribution in [3.8, 4) is 0 Å². The van der Waals surface area contributed by atoms with E-state index in [0.717, 1.165) is 12.1 Å². The van der Waals surface area contributed by atoms with Gasteiger partial charge in [-0.05, 0) is 109 Å². The number of nitrogens with zero attached hydrogens (tertiary/aromatic N) is 4. The van der Waals surface area contributed by atoms with Crippen molar-refractivity contribution in [2.75, 3.05) is 0 Å². The Balaban J connectivity index is 2.85. The lowest BCUT2D eigenvalue weighted by molar-refractivity contribution is 0.161. The van der Waals surface area contributed by atoms with Gasteiger partial charge in [-0.1, -0.05) is 38.5 Å². The number of hydrogen-bond donors (Lipinski definition) is 0. The zero-order valence-corrected chi connectivity index (χ0v) is 28.7. The van der Waals surface area contributed by atoms with Crippen LogP contribution in [0.5, 0.6) is 0 Å². The van der Waals surface area contributed by atoms with Crippen molar-refractivity contribution in [2.24, 2.45) is 0 Å². The second-order valence-electron chi connectivity index (χ2n) is 13.4. The molecule has 0 aromatic heterocycles. The van der Waals surface area contributed by atoms with Crippen LogP contribution in [0.3, 0.4) is 0 Å².